The van der Waals surface area contributed by atoms with Gasteiger partial charge in [0.1, 0.15) is 0 Å². The summed E-state index contributed by atoms with van der Waals surface area (Å²) >= 11 is 7.50. The summed E-state index contributed by atoms with van der Waals surface area (Å²) in [6.07, 6.45) is 1.15. The molecule has 2 aromatic rings. The highest BCUT2D eigenvalue weighted by atomic mass is 35.6. The van der Waals surface area contributed by atoms with Gasteiger partial charge in [-0.3, -0.25) is 0 Å². The van der Waals surface area contributed by atoms with Gasteiger partial charge in [0.05, 0.1) is 0 Å². The summed E-state index contributed by atoms with van der Waals surface area (Å²) in [5.74, 6) is 0.420. The van der Waals surface area contributed by atoms with Crippen molar-refractivity contribution in [3.05, 3.63) is 83.1 Å². The van der Waals surface area contributed by atoms with Crippen LogP contribution in [-0.2, 0) is 0 Å². The first kappa shape index (κ1) is 16.2. The molecule has 0 spiro atoms. The first-order valence-electron chi connectivity index (χ1n) is 8.87. The molecule has 2 heterocycles. The van der Waals surface area contributed by atoms with E-state index in [1.807, 2.05) is 0 Å². The van der Waals surface area contributed by atoms with Crippen molar-refractivity contribution in [1.82, 2.24) is 0 Å². The van der Waals surface area contributed by atoms with Crippen LogP contribution >= 0.6 is 11.1 Å². The van der Waals surface area contributed by atoms with Crippen LogP contribution in [0.1, 0.15) is 60.9 Å². The van der Waals surface area contributed by atoms with E-state index in [4.69, 9.17) is 11.1 Å². The van der Waals surface area contributed by atoms with Crippen LogP contribution in [0.5, 0.6) is 0 Å². The number of benzene rings is 2. The SMILES string of the molecule is C=C[Si]1(Cl)C2c3ccccc3C(c3ccccc32)C1CC(C)(C)C. The fourth-order valence-corrected chi connectivity index (χ4v) is 10.6. The average Bonchev–Trinajstić information content (AvgIpc) is 2.56. The molecule has 2 aliphatic heterocycles. The lowest BCUT2D eigenvalue weighted by Crippen LogP contribution is -2.51. The van der Waals surface area contributed by atoms with E-state index in [1.54, 1.807) is 0 Å². The molecule has 0 radical (unpaired) electrons. The molecular formula is C22H25ClSi. The first-order valence-corrected chi connectivity index (χ1v) is 12.1. The molecule has 0 saturated carbocycles. The Morgan fingerprint density at radius 1 is 0.958 bits per heavy atom. The van der Waals surface area contributed by atoms with Crippen molar-refractivity contribution in [1.29, 1.82) is 0 Å². The Bertz CT molecular complexity index is 756. The van der Waals surface area contributed by atoms with Crippen LogP contribution in [0, 0.1) is 5.41 Å². The van der Waals surface area contributed by atoms with Crippen LogP contribution < -0.4 is 0 Å². The largest absolute Gasteiger partial charge is 0.194 e. The monoisotopic (exact) mass is 352 g/mol. The van der Waals surface area contributed by atoms with Crippen LogP contribution in [0.15, 0.2) is 60.8 Å². The molecule has 0 fully saturated rings. The van der Waals surface area contributed by atoms with Crippen LogP contribution in [0.3, 0.4) is 0 Å². The van der Waals surface area contributed by atoms with Gasteiger partial charge in [0, 0.05) is 11.5 Å². The lowest BCUT2D eigenvalue weighted by Gasteiger charge is -2.54. The van der Waals surface area contributed by atoms with Gasteiger partial charge in [-0.05, 0) is 39.6 Å². The van der Waals surface area contributed by atoms with Crippen molar-refractivity contribution in [2.75, 3.05) is 0 Å². The van der Waals surface area contributed by atoms with Gasteiger partial charge >= 0.3 is 0 Å². The normalized spacial score (nSPS) is 30.6. The molecule has 0 aromatic heterocycles. The predicted molar refractivity (Wildman–Crippen MR) is 106 cm³/mol. The molecule has 0 nitrogen and oxygen atoms in total. The second-order valence-electron chi connectivity index (χ2n) is 8.57. The maximum Gasteiger partial charge on any atom is 0.194 e. The van der Waals surface area contributed by atoms with Gasteiger partial charge in [-0.2, -0.15) is 11.1 Å². The summed E-state index contributed by atoms with van der Waals surface area (Å²) < 4.78 is 0. The van der Waals surface area contributed by atoms with Crippen molar-refractivity contribution in [3.63, 3.8) is 0 Å². The van der Waals surface area contributed by atoms with E-state index in [2.05, 4.69) is 81.6 Å². The molecule has 1 aliphatic carbocycles. The lowest BCUT2D eigenvalue weighted by molar-refractivity contribution is 0.347. The molecule has 2 heteroatoms. The number of halogens is 1. The topological polar surface area (TPSA) is 0 Å². The quantitative estimate of drug-likeness (QED) is 0.425. The summed E-state index contributed by atoms with van der Waals surface area (Å²) in [7, 11) is -2.20. The third kappa shape index (κ3) is 2.18. The van der Waals surface area contributed by atoms with Crippen LogP contribution in [0.25, 0.3) is 0 Å². The first-order chi connectivity index (χ1) is 11.4. The van der Waals surface area contributed by atoms with E-state index >= 15 is 0 Å². The Hall–Kier alpha value is -1.31. The van der Waals surface area contributed by atoms with Gasteiger partial charge < -0.3 is 0 Å². The summed E-state index contributed by atoms with van der Waals surface area (Å²) in [5.41, 5.74) is 9.17. The van der Waals surface area contributed by atoms with Crippen LogP contribution in [-0.4, -0.2) is 7.38 Å². The van der Waals surface area contributed by atoms with Crippen molar-refractivity contribution in [2.24, 2.45) is 5.41 Å². The second-order valence-corrected chi connectivity index (χ2v) is 13.9. The van der Waals surface area contributed by atoms with E-state index in [0.717, 1.165) is 6.42 Å². The van der Waals surface area contributed by atoms with E-state index in [9.17, 15) is 0 Å². The molecule has 5 rings (SSSR count). The Morgan fingerprint density at radius 3 is 1.83 bits per heavy atom. The van der Waals surface area contributed by atoms with Crippen LogP contribution in [0.2, 0.25) is 5.54 Å². The van der Waals surface area contributed by atoms with Gasteiger partial charge in [0.15, 0.2) is 7.38 Å². The van der Waals surface area contributed by atoms with E-state index < -0.39 is 7.38 Å². The predicted octanol–water partition coefficient (Wildman–Crippen LogP) is 6.53. The smallest absolute Gasteiger partial charge is 0.160 e. The zero-order valence-corrected chi connectivity index (χ0v) is 16.5. The highest BCUT2D eigenvalue weighted by Gasteiger charge is 2.58. The summed E-state index contributed by atoms with van der Waals surface area (Å²) in [6.45, 7) is 11.2. The highest BCUT2D eigenvalue weighted by molar-refractivity contribution is 7.25. The molecule has 2 aromatic carbocycles. The Labute approximate surface area is 151 Å². The van der Waals surface area contributed by atoms with E-state index in [1.165, 1.54) is 22.3 Å². The summed E-state index contributed by atoms with van der Waals surface area (Å²) in [5, 5.41) is 0. The number of rotatable bonds is 2. The molecule has 24 heavy (non-hydrogen) atoms. The zero-order chi connectivity index (χ0) is 17.1. The van der Waals surface area contributed by atoms with E-state index in [-0.39, 0.29) is 5.41 Å². The molecule has 0 saturated heterocycles. The third-order valence-corrected chi connectivity index (χ3v) is 11.6. The molecular weight excluding hydrogens is 328 g/mol. The Balaban J connectivity index is 2.01. The number of hydrogen-bond acceptors (Lipinski definition) is 0. The summed E-state index contributed by atoms with van der Waals surface area (Å²) in [6, 6.07) is 17.9. The van der Waals surface area contributed by atoms with Gasteiger partial charge in [-0.25, -0.2) is 0 Å². The molecule has 2 atom stereocenters. The maximum absolute atomic E-state index is 7.50. The number of hydrogen-bond donors (Lipinski definition) is 0. The molecule has 0 N–H and O–H groups in total. The highest BCUT2D eigenvalue weighted by Crippen LogP contribution is 2.65. The fourth-order valence-electron chi connectivity index (χ4n) is 5.03. The van der Waals surface area contributed by atoms with Gasteiger partial charge in [-0.15, -0.1) is 6.58 Å². The van der Waals surface area contributed by atoms with E-state index in [0.29, 0.717) is 17.0 Å². The third-order valence-electron chi connectivity index (χ3n) is 5.84. The molecule has 2 bridgehead atoms. The number of fused-ring (bicyclic) bond motifs is 1. The van der Waals surface area contributed by atoms with Gasteiger partial charge in [-0.1, -0.05) is 75.0 Å². The maximum atomic E-state index is 7.50. The van der Waals surface area contributed by atoms with Crippen molar-refractivity contribution in [3.8, 4) is 0 Å². The standard InChI is InChI=1S/C22H25ClSi/c1-5-24(23)19(14-22(2,3)4)20-15-10-6-8-12-17(15)21(24)18-13-9-7-11-16(18)20/h5-13,19-21H,1,14H2,2-4H3. The molecule has 124 valence electrons. The van der Waals surface area contributed by atoms with Gasteiger partial charge in [0.25, 0.3) is 0 Å². The van der Waals surface area contributed by atoms with Crippen LogP contribution in [0.4, 0.5) is 0 Å². The van der Waals surface area contributed by atoms with Crippen molar-refractivity contribution >= 4 is 18.5 Å². The molecule has 2 unspecified atom stereocenters. The fraction of sp³-hybridized carbons (Fsp3) is 0.364. The molecule has 3 aliphatic rings. The Morgan fingerprint density at radius 2 is 1.42 bits per heavy atom. The second kappa shape index (κ2) is 5.34. The minimum atomic E-state index is -2.20. The minimum absolute atomic E-state index is 0.266. The van der Waals surface area contributed by atoms with Gasteiger partial charge in [0.2, 0.25) is 0 Å². The molecule has 0 amide bonds. The minimum Gasteiger partial charge on any atom is -0.160 e. The Kier molecular flexibility index (Phi) is 3.60. The summed E-state index contributed by atoms with van der Waals surface area (Å²) in [4.78, 5) is 0. The average molecular weight is 353 g/mol. The van der Waals surface area contributed by atoms with Crippen molar-refractivity contribution < 1.29 is 0 Å². The van der Waals surface area contributed by atoms with Crippen molar-refractivity contribution in [2.45, 2.75) is 44.2 Å². The lowest BCUT2D eigenvalue weighted by atomic mass is 9.72. The zero-order valence-electron chi connectivity index (χ0n) is 14.7.